The van der Waals surface area contributed by atoms with Gasteiger partial charge in [-0.3, -0.25) is 4.79 Å². The van der Waals surface area contributed by atoms with Crippen molar-refractivity contribution in [2.75, 3.05) is 18.4 Å². The molecular formula is C11H10BrF4NO. The van der Waals surface area contributed by atoms with Gasteiger partial charge in [0.2, 0.25) is 0 Å². The van der Waals surface area contributed by atoms with Gasteiger partial charge >= 0.3 is 6.18 Å². The Kier molecular flexibility index (Phi) is 5.13. The minimum atomic E-state index is -4.48. The number of hydrogen-bond acceptors (Lipinski definition) is 1. The molecule has 0 aliphatic rings. The van der Waals surface area contributed by atoms with Crippen molar-refractivity contribution in [3.63, 3.8) is 0 Å². The minimum absolute atomic E-state index is 0.0970. The zero-order valence-corrected chi connectivity index (χ0v) is 10.8. The summed E-state index contributed by atoms with van der Waals surface area (Å²) in [6.45, 7) is -1.46. The molecule has 0 aliphatic heterocycles. The first-order chi connectivity index (χ1) is 8.33. The summed E-state index contributed by atoms with van der Waals surface area (Å²) in [6.07, 6.45) is -4.48. The van der Waals surface area contributed by atoms with Gasteiger partial charge in [-0.25, -0.2) is 4.39 Å². The fraction of sp³-hybridized carbons (Fsp3) is 0.364. The van der Waals surface area contributed by atoms with Crippen LogP contribution in [0.3, 0.4) is 0 Å². The molecule has 0 fully saturated rings. The second-order valence-electron chi connectivity index (χ2n) is 3.54. The molecule has 0 unspecified atom stereocenters. The highest BCUT2D eigenvalue weighted by Gasteiger charge is 2.33. The maximum Gasteiger partial charge on any atom is 0.406 e. The zero-order valence-electron chi connectivity index (χ0n) is 9.18. The summed E-state index contributed by atoms with van der Waals surface area (Å²) in [5, 5.41) is 0.212. The van der Waals surface area contributed by atoms with Crippen molar-refractivity contribution in [1.29, 1.82) is 0 Å². The average Bonchev–Trinajstić information content (AvgIpc) is 2.26. The lowest BCUT2D eigenvalue weighted by atomic mass is 10.2. The van der Waals surface area contributed by atoms with E-state index in [2.05, 4.69) is 15.9 Å². The SMILES string of the molecule is O=C(c1cccc(F)c1)N(CCBr)CC(F)(F)F. The summed E-state index contributed by atoms with van der Waals surface area (Å²) in [7, 11) is 0. The first-order valence-corrected chi connectivity index (χ1v) is 6.13. The van der Waals surface area contributed by atoms with E-state index in [1.54, 1.807) is 0 Å². The predicted molar refractivity (Wildman–Crippen MR) is 62.2 cm³/mol. The van der Waals surface area contributed by atoms with Crippen LogP contribution in [-0.4, -0.2) is 35.4 Å². The first-order valence-electron chi connectivity index (χ1n) is 5.01. The third-order valence-electron chi connectivity index (χ3n) is 2.08. The molecule has 0 heterocycles. The van der Waals surface area contributed by atoms with E-state index in [1.807, 2.05) is 0 Å². The van der Waals surface area contributed by atoms with Crippen LogP contribution in [0.4, 0.5) is 17.6 Å². The van der Waals surface area contributed by atoms with E-state index in [0.29, 0.717) is 4.90 Å². The molecule has 0 N–H and O–H groups in total. The van der Waals surface area contributed by atoms with Crippen molar-refractivity contribution in [3.8, 4) is 0 Å². The molecule has 0 aliphatic carbocycles. The van der Waals surface area contributed by atoms with Crippen molar-refractivity contribution in [1.82, 2.24) is 4.90 Å². The van der Waals surface area contributed by atoms with Crippen LogP contribution in [0, 0.1) is 5.82 Å². The van der Waals surface area contributed by atoms with E-state index in [9.17, 15) is 22.4 Å². The fourth-order valence-corrected chi connectivity index (χ4v) is 1.80. The molecule has 0 aromatic heterocycles. The molecule has 0 saturated heterocycles. The molecular weight excluding hydrogens is 318 g/mol. The van der Waals surface area contributed by atoms with Gasteiger partial charge in [0.05, 0.1) is 0 Å². The first kappa shape index (κ1) is 14.9. The molecule has 100 valence electrons. The molecule has 0 spiro atoms. The standard InChI is InChI=1S/C11H10BrF4NO/c12-4-5-17(7-11(14,15)16)10(18)8-2-1-3-9(13)6-8/h1-3,6H,4-5,7H2. The highest BCUT2D eigenvalue weighted by Crippen LogP contribution is 2.18. The second kappa shape index (κ2) is 6.17. The van der Waals surface area contributed by atoms with Crippen molar-refractivity contribution in [2.24, 2.45) is 0 Å². The third kappa shape index (κ3) is 4.64. The number of hydrogen-bond donors (Lipinski definition) is 0. The van der Waals surface area contributed by atoms with Gasteiger partial charge < -0.3 is 4.90 Å². The molecule has 0 atom stereocenters. The molecule has 7 heteroatoms. The maximum atomic E-state index is 12.9. The summed E-state index contributed by atoms with van der Waals surface area (Å²) >= 11 is 2.98. The number of benzene rings is 1. The van der Waals surface area contributed by atoms with E-state index in [-0.39, 0.29) is 17.4 Å². The maximum absolute atomic E-state index is 12.9. The number of amides is 1. The largest absolute Gasteiger partial charge is 0.406 e. The smallest absolute Gasteiger partial charge is 0.329 e. The van der Waals surface area contributed by atoms with Crippen LogP contribution < -0.4 is 0 Å². The molecule has 0 saturated carbocycles. The van der Waals surface area contributed by atoms with E-state index >= 15 is 0 Å². The summed E-state index contributed by atoms with van der Waals surface area (Å²) in [6, 6.07) is 4.60. The summed E-state index contributed by atoms with van der Waals surface area (Å²) < 4.78 is 49.8. The van der Waals surface area contributed by atoms with E-state index in [0.717, 1.165) is 12.1 Å². The molecule has 2 nitrogen and oxygen atoms in total. The third-order valence-corrected chi connectivity index (χ3v) is 2.44. The van der Waals surface area contributed by atoms with E-state index < -0.39 is 24.4 Å². The van der Waals surface area contributed by atoms with E-state index in [1.165, 1.54) is 12.1 Å². The molecule has 0 bridgehead atoms. The van der Waals surface area contributed by atoms with Crippen LogP contribution >= 0.6 is 15.9 Å². The van der Waals surface area contributed by atoms with Crippen molar-refractivity contribution < 1.29 is 22.4 Å². The number of carbonyl (C=O) groups excluding carboxylic acids is 1. The normalized spacial score (nSPS) is 11.4. The Morgan fingerprint density at radius 2 is 2.00 bits per heavy atom. The van der Waals surface area contributed by atoms with Gasteiger partial charge in [-0.05, 0) is 18.2 Å². The summed E-state index contributed by atoms with van der Waals surface area (Å²) in [5.74, 6) is -1.50. The van der Waals surface area contributed by atoms with Crippen LogP contribution in [0.5, 0.6) is 0 Å². The number of rotatable bonds is 4. The molecule has 1 aromatic carbocycles. The van der Waals surface area contributed by atoms with Gasteiger partial charge in [-0.1, -0.05) is 22.0 Å². The zero-order chi connectivity index (χ0) is 13.8. The molecule has 1 aromatic rings. The number of carbonyl (C=O) groups is 1. The van der Waals surface area contributed by atoms with Crippen LogP contribution in [0.15, 0.2) is 24.3 Å². The van der Waals surface area contributed by atoms with Crippen LogP contribution in [-0.2, 0) is 0 Å². The second-order valence-corrected chi connectivity index (χ2v) is 4.33. The number of alkyl halides is 4. The van der Waals surface area contributed by atoms with Crippen molar-refractivity contribution in [2.45, 2.75) is 6.18 Å². The lowest BCUT2D eigenvalue weighted by Gasteiger charge is -2.23. The number of halogens is 5. The van der Waals surface area contributed by atoms with Gasteiger partial charge in [0.25, 0.3) is 5.91 Å². The predicted octanol–water partition coefficient (Wildman–Crippen LogP) is 3.23. The summed E-state index contributed by atoms with van der Waals surface area (Å²) in [4.78, 5) is 12.4. The highest BCUT2D eigenvalue weighted by atomic mass is 79.9. The van der Waals surface area contributed by atoms with Crippen LogP contribution in [0.25, 0.3) is 0 Å². The Bertz CT molecular complexity index is 422. The lowest BCUT2D eigenvalue weighted by Crippen LogP contribution is -2.40. The Labute approximate surface area is 110 Å². The number of nitrogens with zero attached hydrogens (tertiary/aromatic N) is 1. The van der Waals surface area contributed by atoms with Crippen LogP contribution in [0.1, 0.15) is 10.4 Å². The average molecular weight is 328 g/mol. The van der Waals surface area contributed by atoms with Crippen LogP contribution in [0.2, 0.25) is 0 Å². The topological polar surface area (TPSA) is 20.3 Å². The van der Waals surface area contributed by atoms with E-state index in [4.69, 9.17) is 0 Å². The molecule has 18 heavy (non-hydrogen) atoms. The lowest BCUT2D eigenvalue weighted by molar-refractivity contribution is -0.140. The van der Waals surface area contributed by atoms with Gasteiger partial charge in [-0.2, -0.15) is 13.2 Å². The van der Waals surface area contributed by atoms with Crippen molar-refractivity contribution in [3.05, 3.63) is 35.6 Å². The Morgan fingerprint density at radius 1 is 1.33 bits per heavy atom. The quantitative estimate of drug-likeness (QED) is 0.614. The Morgan fingerprint density at radius 3 is 2.50 bits per heavy atom. The monoisotopic (exact) mass is 327 g/mol. The van der Waals surface area contributed by atoms with Crippen molar-refractivity contribution >= 4 is 21.8 Å². The molecule has 1 amide bonds. The van der Waals surface area contributed by atoms with Gasteiger partial charge in [0.1, 0.15) is 12.4 Å². The molecule has 0 radical (unpaired) electrons. The highest BCUT2D eigenvalue weighted by molar-refractivity contribution is 9.09. The van der Waals surface area contributed by atoms with Gasteiger partial charge in [-0.15, -0.1) is 0 Å². The Balaban J connectivity index is 2.89. The van der Waals surface area contributed by atoms with Gasteiger partial charge in [0, 0.05) is 17.4 Å². The molecule has 1 rings (SSSR count). The minimum Gasteiger partial charge on any atom is -0.329 e. The van der Waals surface area contributed by atoms with Gasteiger partial charge in [0.15, 0.2) is 0 Å². The fourth-order valence-electron chi connectivity index (χ4n) is 1.37. The Hall–Kier alpha value is -1.11. The summed E-state index contributed by atoms with van der Waals surface area (Å²) in [5.41, 5.74) is -0.0970.